The highest BCUT2D eigenvalue weighted by atomic mass is 16.3. The molecule has 1 saturated carbocycles. The number of para-hydroxylation sites is 1. The van der Waals surface area contributed by atoms with E-state index in [1.165, 1.54) is 24.1 Å². The molecule has 1 N–H and O–H groups in total. The van der Waals surface area contributed by atoms with Crippen molar-refractivity contribution in [2.75, 3.05) is 18.1 Å². The van der Waals surface area contributed by atoms with Crippen molar-refractivity contribution in [1.82, 2.24) is 0 Å². The monoisotopic (exact) mass is 231 g/mol. The van der Waals surface area contributed by atoms with Gasteiger partial charge in [-0.3, -0.25) is 0 Å². The van der Waals surface area contributed by atoms with Crippen LogP contribution in [0.4, 0.5) is 5.69 Å². The van der Waals surface area contributed by atoms with Crippen LogP contribution in [-0.2, 0) is 5.41 Å². The van der Waals surface area contributed by atoms with Crippen LogP contribution < -0.4 is 4.90 Å². The number of aliphatic hydroxyl groups excluding tert-OH is 1. The maximum Gasteiger partial charge on any atom is 0.0637 e. The van der Waals surface area contributed by atoms with Gasteiger partial charge in [0.1, 0.15) is 0 Å². The van der Waals surface area contributed by atoms with Gasteiger partial charge in [0.25, 0.3) is 0 Å². The maximum absolute atomic E-state index is 9.65. The molecule has 1 fully saturated rings. The van der Waals surface area contributed by atoms with Crippen molar-refractivity contribution in [3.05, 3.63) is 29.8 Å². The van der Waals surface area contributed by atoms with Crippen LogP contribution in [0.2, 0.25) is 0 Å². The van der Waals surface area contributed by atoms with E-state index in [0.717, 1.165) is 6.54 Å². The number of hydrogen-bond donors (Lipinski definition) is 1. The van der Waals surface area contributed by atoms with Crippen LogP contribution in [0, 0.1) is 5.92 Å². The van der Waals surface area contributed by atoms with Crippen molar-refractivity contribution in [3.63, 3.8) is 0 Å². The summed E-state index contributed by atoms with van der Waals surface area (Å²) in [4.78, 5) is 2.44. The van der Waals surface area contributed by atoms with Gasteiger partial charge in [0.05, 0.1) is 12.6 Å². The minimum Gasteiger partial charge on any atom is -0.394 e. The predicted octanol–water partition coefficient (Wildman–Crippen LogP) is 2.56. The number of rotatable bonds is 3. The topological polar surface area (TPSA) is 23.5 Å². The summed E-state index contributed by atoms with van der Waals surface area (Å²) in [7, 11) is 0. The van der Waals surface area contributed by atoms with Gasteiger partial charge in [-0.15, -0.1) is 0 Å². The molecule has 1 unspecified atom stereocenters. The molecule has 1 atom stereocenters. The standard InChI is InChI=1S/C15H21NO/c1-15(2)10-16(14(9-17)11-7-8-11)13-6-4-3-5-12(13)15/h3-6,11,14,17H,7-10H2,1-2H3. The molecule has 1 heterocycles. The number of aliphatic hydroxyl groups is 1. The zero-order valence-electron chi connectivity index (χ0n) is 10.7. The minimum absolute atomic E-state index is 0.207. The average molecular weight is 231 g/mol. The normalized spacial score (nSPS) is 23.6. The summed E-state index contributed by atoms with van der Waals surface area (Å²) in [6.07, 6.45) is 2.56. The Morgan fingerprint density at radius 3 is 2.71 bits per heavy atom. The largest absolute Gasteiger partial charge is 0.394 e. The van der Waals surface area contributed by atoms with Crippen molar-refractivity contribution in [3.8, 4) is 0 Å². The van der Waals surface area contributed by atoms with E-state index in [0.29, 0.717) is 12.0 Å². The number of anilines is 1. The molecule has 0 spiro atoms. The molecular weight excluding hydrogens is 210 g/mol. The first-order valence-corrected chi connectivity index (χ1v) is 6.60. The van der Waals surface area contributed by atoms with E-state index >= 15 is 0 Å². The quantitative estimate of drug-likeness (QED) is 0.864. The van der Waals surface area contributed by atoms with Gasteiger partial charge in [0.15, 0.2) is 0 Å². The van der Waals surface area contributed by atoms with E-state index in [1.807, 2.05) is 0 Å². The molecule has 2 aliphatic rings. The van der Waals surface area contributed by atoms with Crippen molar-refractivity contribution in [2.24, 2.45) is 5.92 Å². The molecule has 3 rings (SSSR count). The van der Waals surface area contributed by atoms with Gasteiger partial charge >= 0.3 is 0 Å². The molecule has 1 aromatic rings. The molecule has 0 radical (unpaired) electrons. The zero-order valence-corrected chi connectivity index (χ0v) is 10.7. The number of benzene rings is 1. The number of hydrogen-bond acceptors (Lipinski definition) is 2. The van der Waals surface area contributed by atoms with Crippen LogP contribution in [0.25, 0.3) is 0 Å². The molecule has 2 heteroatoms. The molecule has 92 valence electrons. The summed E-state index contributed by atoms with van der Waals surface area (Å²) in [6, 6.07) is 8.99. The van der Waals surface area contributed by atoms with E-state index in [9.17, 15) is 5.11 Å². The molecule has 0 saturated heterocycles. The number of nitrogens with zero attached hydrogens (tertiary/aromatic N) is 1. The fourth-order valence-corrected chi connectivity index (χ4v) is 3.17. The molecule has 2 nitrogen and oxygen atoms in total. The Labute approximate surface area is 103 Å². The van der Waals surface area contributed by atoms with Gasteiger partial charge in [0.2, 0.25) is 0 Å². The van der Waals surface area contributed by atoms with E-state index in [1.54, 1.807) is 0 Å². The Hall–Kier alpha value is -1.02. The van der Waals surface area contributed by atoms with Crippen molar-refractivity contribution >= 4 is 5.69 Å². The lowest BCUT2D eigenvalue weighted by atomic mass is 9.87. The van der Waals surface area contributed by atoms with E-state index in [-0.39, 0.29) is 12.0 Å². The molecule has 0 bridgehead atoms. The summed E-state index contributed by atoms with van der Waals surface area (Å²) in [6.45, 7) is 5.92. The second-order valence-corrected chi connectivity index (χ2v) is 6.12. The molecule has 0 aromatic heterocycles. The molecular formula is C15H21NO. The Morgan fingerprint density at radius 2 is 2.06 bits per heavy atom. The van der Waals surface area contributed by atoms with E-state index in [4.69, 9.17) is 0 Å². The Kier molecular flexibility index (Phi) is 2.44. The zero-order chi connectivity index (χ0) is 12.0. The minimum atomic E-state index is 0.207. The fraction of sp³-hybridized carbons (Fsp3) is 0.600. The smallest absolute Gasteiger partial charge is 0.0637 e. The van der Waals surface area contributed by atoms with E-state index in [2.05, 4.69) is 43.0 Å². The molecule has 17 heavy (non-hydrogen) atoms. The van der Waals surface area contributed by atoms with Gasteiger partial charge in [-0.2, -0.15) is 0 Å². The van der Waals surface area contributed by atoms with Crippen LogP contribution >= 0.6 is 0 Å². The van der Waals surface area contributed by atoms with Crippen molar-refractivity contribution in [2.45, 2.75) is 38.1 Å². The lowest BCUT2D eigenvalue weighted by Gasteiger charge is -2.30. The van der Waals surface area contributed by atoms with Crippen molar-refractivity contribution in [1.29, 1.82) is 0 Å². The molecule has 1 aliphatic heterocycles. The third-order valence-electron chi connectivity index (χ3n) is 4.26. The third-order valence-corrected chi connectivity index (χ3v) is 4.26. The van der Waals surface area contributed by atoms with Gasteiger partial charge in [-0.25, -0.2) is 0 Å². The molecule has 0 amide bonds. The predicted molar refractivity (Wildman–Crippen MR) is 70.4 cm³/mol. The summed E-state index contributed by atoms with van der Waals surface area (Å²) in [5.41, 5.74) is 2.97. The second kappa shape index (κ2) is 3.74. The van der Waals surface area contributed by atoms with Crippen LogP contribution in [0.3, 0.4) is 0 Å². The summed E-state index contributed by atoms with van der Waals surface area (Å²) >= 11 is 0. The summed E-state index contributed by atoms with van der Waals surface area (Å²) < 4.78 is 0. The number of fused-ring (bicyclic) bond motifs is 1. The lowest BCUT2D eigenvalue weighted by molar-refractivity contribution is 0.245. The highest BCUT2D eigenvalue weighted by molar-refractivity contribution is 5.63. The highest BCUT2D eigenvalue weighted by Gasteiger charge is 2.42. The fourth-order valence-electron chi connectivity index (χ4n) is 3.17. The van der Waals surface area contributed by atoms with Gasteiger partial charge in [-0.05, 0) is 30.4 Å². The maximum atomic E-state index is 9.65. The molecule has 1 aliphatic carbocycles. The Bertz CT molecular complexity index is 423. The van der Waals surface area contributed by atoms with Crippen LogP contribution in [-0.4, -0.2) is 24.3 Å². The Balaban J connectivity index is 1.98. The third kappa shape index (κ3) is 1.75. The first-order chi connectivity index (χ1) is 8.13. The van der Waals surface area contributed by atoms with Crippen LogP contribution in [0.15, 0.2) is 24.3 Å². The van der Waals surface area contributed by atoms with E-state index < -0.39 is 0 Å². The van der Waals surface area contributed by atoms with Gasteiger partial charge < -0.3 is 10.0 Å². The van der Waals surface area contributed by atoms with Crippen LogP contribution in [0.1, 0.15) is 32.3 Å². The lowest BCUT2D eigenvalue weighted by Crippen LogP contribution is -2.41. The Morgan fingerprint density at radius 1 is 1.35 bits per heavy atom. The van der Waals surface area contributed by atoms with Gasteiger partial charge in [0, 0.05) is 17.6 Å². The summed E-state index contributed by atoms with van der Waals surface area (Å²) in [5.74, 6) is 0.710. The highest BCUT2D eigenvalue weighted by Crippen LogP contribution is 2.45. The van der Waals surface area contributed by atoms with Crippen molar-refractivity contribution < 1.29 is 5.11 Å². The molecule has 1 aromatic carbocycles. The first-order valence-electron chi connectivity index (χ1n) is 6.60. The summed E-state index contributed by atoms with van der Waals surface area (Å²) in [5, 5.41) is 9.65. The van der Waals surface area contributed by atoms with Crippen LogP contribution in [0.5, 0.6) is 0 Å². The average Bonchev–Trinajstić information content (AvgIpc) is 3.09. The SMILES string of the molecule is CC1(C)CN(C(CO)C2CC2)c2ccccc21. The van der Waals surface area contributed by atoms with Gasteiger partial charge in [-0.1, -0.05) is 32.0 Å². The second-order valence-electron chi connectivity index (χ2n) is 6.12. The first kappa shape index (κ1) is 11.1.